The first-order chi connectivity index (χ1) is 14.9. The van der Waals surface area contributed by atoms with Crippen molar-refractivity contribution in [3.63, 3.8) is 0 Å². The molecule has 31 heavy (non-hydrogen) atoms. The van der Waals surface area contributed by atoms with E-state index in [2.05, 4.69) is 10.3 Å². The number of nitrogens with zero attached hydrogens (tertiary/aromatic N) is 1. The molecule has 0 spiro atoms. The minimum absolute atomic E-state index is 0.0535. The summed E-state index contributed by atoms with van der Waals surface area (Å²) >= 11 is 0.766. The molecule has 3 amide bonds. The monoisotopic (exact) mass is 437 g/mol. The molecular formula is C23H20FN3O3S. The molecule has 0 unspecified atom stereocenters. The average Bonchev–Trinajstić information content (AvgIpc) is 3.26. The molecule has 0 atom stereocenters. The van der Waals surface area contributed by atoms with Crippen molar-refractivity contribution in [1.82, 2.24) is 15.2 Å². The van der Waals surface area contributed by atoms with Gasteiger partial charge in [-0.1, -0.05) is 30.3 Å². The molecule has 0 aliphatic carbocycles. The highest BCUT2D eigenvalue weighted by Crippen LogP contribution is 2.32. The number of fused-ring (bicyclic) bond motifs is 1. The van der Waals surface area contributed by atoms with Crippen molar-refractivity contribution in [3.05, 3.63) is 76.1 Å². The van der Waals surface area contributed by atoms with Crippen LogP contribution in [-0.2, 0) is 16.0 Å². The van der Waals surface area contributed by atoms with Gasteiger partial charge in [0.1, 0.15) is 5.82 Å². The Morgan fingerprint density at radius 1 is 1.19 bits per heavy atom. The number of aryl methyl sites for hydroxylation is 1. The van der Waals surface area contributed by atoms with Crippen LogP contribution in [0.15, 0.2) is 53.6 Å². The molecule has 2 aromatic carbocycles. The number of rotatable bonds is 6. The topological polar surface area (TPSA) is 82.3 Å². The highest BCUT2D eigenvalue weighted by molar-refractivity contribution is 8.18. The van der Waals surface area contributed by atoms with Gasteiger partial charge in [-0.15, -0.1) is 0 Å². The number of benzene rings is 2. The predicted molar refractivity (Wildman–Crippen MR) is 119 cm³/mol. The van der Waals surface area contributed by atoms with Crippen molar-refractivity contribution in [1.29, 1.82) is 0 Å². The van der Waals surface area contributed by atoms with Crippen LogP contribution in [0.4, 0.5) is 9.18 Å². The van der Waals surface area contributed by atoms with E-state index in [-0.39, 0.29) is 35.9 Å². The summed E-state index contributed by atoms with van der Waals surface area (Å²) in [5, 5.41) is 3.35. The highest BCUT2D eigenvalue weighted by atomic mass is 32.2. The maximum absolute atomic E-state index is 13.8. The molecule has 1 aromatic heterocycles. The van der Waals surface area contributed by atoms with Gasteiger partial charge in [0.05, 0.1) is 11.3 Å². The Kier molecular flexibility index (Phi) is 5.90. The third kappa shape index (κ3) is 4.39. The first-order valence-corrected chi connectivity index (χ1v) is 10.6. The number of H-pyrrole nitrogens is 1. The Balaban J connectivity index is 1.35. The standard InChI is InChI=1S/C23H20FN3O3S/c1-14-5-4-8-18-21(14)16(13-26-18)12-20(28)25-9-10-27-22(29)19(31-23(27)30)11-15-6-2-3-7-17(15)24/h2-8,11,13,26H,9-10,12H2,1H3,(H,25,28)/b19-11+. The number of aromatic amines is 1. The minimum Gasteiger partial charge on any atom is -0.361 e. The van der Waals surface area contributed by atoms with Crippen LogP contribution in [0.25, 0.3) is 17.0 Å². The summed E-state index contributed by atoms with van der Waals surface area (Å²) in [4.78, 5) is 41.5. The number of halogens is 1. The quantitative estimate of drug-likeness (QED) is 0.571. The summed E-state index contributed by atoms with van der Waals surface area (Å²) in [7, 11) is 0. The van der Waals surface area contributed by atoms with Crippen LogP contribution >= 0.6 is 11.8 Å². The van der Waals surface area contributed by atoms with Crippen LogP contribution < -0.4 is 5.32 Å². The molecule has 0 saturated carbocycles. The van der Waals surface area contributed by atoms with Gasteiger partial charge in [0.15, 0.2) is 0 Å². The lowest BCUT2D eigenvalue weighted by Gasteiger charge is -2.13. The van der Waals surface area contributed by atoms with Gasteiger partial charge in [-0.05, 0) is 48.0 Å². The molecule has 0 bridgehead atoms. The summed E-state index contributed by atoms with van der Waals surface area (Å²) < 4.78 is 13.8. The summed E-state index contributed by atoms with van der Waals surface area (Å²) in [6.45, 7) is 2.19. The molecule has 1 aliphatic heterocycles. The van der Waals surface area contributed by atoms with E-state index in [0.29, 0.717) is 0 Å². The second kappa shape index (κ2) is 8.77. The lowest BCUT2D eigenvalue weighted by Crippen LogP contribution is -2.37. The van der Waals surface area contributed by atoms with E-state index < -0.39 is 17.0 Å². The molecule has 3 aromatic rings. The molecule has 6 nitrogen and oxygen atoms in total. The zero-order valence-electron chi connectivity index (χ0n) is 16.8. The smallest absolute Gasteiger partial charge is 0.293 e. The van der Waals surface area contributed by atoms with E-state index >= 15 is 0 Å². The van der Waals surface area contributed by atoms with Crippen LogP contribution in [0.2, 0.25) is 0 Å². The van der Waals surface area contributed by atoms with Crippen LogP contribution in [0, 0.1) is 12.7 Å². The first-order valence-electron chi connectivity index (χ1n) is 9.76. The molecule has 0 radical (unpaired) electrons. The van der Waals surface area contributed by atoms with Crippen molar-refractivity contribution in [2.45, 2.75) is 13.3 Å². The fourth-order valence-corrected chi connectivity index (χ4v) is 4.42. The summed E-state index contributed by atoms with van der Waals surface area (Å²) in [6, 6.07) is 11.9. The summed E-state index contributed by atoms with van der Waals surface area (Å²) in [5.41, 5.74) is 3.20. The fraction of sp³-hybridized carbons (Fsp3) is 0.174. The van der Waals surface area contributed by atoms with Gasteiger partial charge >= 0.3 is 0 Å². The SMILES string of the molecule is Cc1cccc2[nH]cc(CC(=O)NCCN3C(=O)S/C(=C/c4ccccc4F)C3=O)c12. The fourth-order valence-electron chi connectivity index (χ4n) is 3.56. The number of amides is 3. The van der Waals surface area contributed by atoms with Gasteiger partial charge in [0.25, 0.3) is 11.1 Å². The number of imide groups is 1. The largest absolute Gasteiger partial charge is 0.361 e. The molecule has 1 saturated heterocycles. The summed E-state index contributed by atoms with van der Waals surface area (Å²) in [6.07, 6.45) is 3.39. The number of thioether (sulfide) groups is 1. The Labute approximate surface area is 182 Å². The van der Waals surface area contributed by atoms with E-state index in [0.717, 1.165) is 38.7 Å². The van der Waals surface area contributed by atoms with Crippen molar-refractivity contribution >= 4 is 45.8 Å². The molecule has 1 aliphatic rings. The van der Waals surface area contributed by atoms with Gasteiger partial charge < -0.3 is 10.3 Å². The number of carbonyl (C=O) groups excluding carboxylic acids is 3. The third-order valence-corrected chi connectivity index (χ3v) is 5.98. The number of nitrogens with one attached hydrogen (secondary N) is 2. The number of hydrogen-bond acceptors (Lipinski definition) is 4. The Morgan fingerprint density at radius 2 is 2.00 bits per heavy atom. The van der Waals surface area contributed by atoms with E-state index in [1.54, 1.807) is 12.1 Å². The predicted octanol–water partition coefficient (Wildman–Crippen LogP) is 4.01. The molecule has 2 heterocycles. The average molecular weight is 437 g/mol. The van der Waals surface area contributed by atoms with Crippen molar-refractivity contribution in [2.24, 2.45) is 0 Å². The van der Waals surface area contributed by atoms with E-state index in [9.17, 15) is 18.8 Å². The van der Waals surface area contributed by atoms with Crippen LogP contribution in [0.3, 0.4) is 0 Å². The van der Waals surface area contributed by atoms with Gasteiger partial charge in [0, 0.05) is 35.8 Å². The lowest BCUT2D eigenvalue weighted by atomic mass is 10.1. The van der Waals surface area contributed by atoms with Crippen LogP contribution in [0.1, 0.15) is 16.7 Å². The second-order valence-electron chi connectivity index (χ2n) is 7.19. The number of hydrogen-bond donors (Lipinski definition) is 2. The minimum atomic E-state index is -0.486. The Morgan fingerprint density at radius 3 is 2.81 bits per heavy atom. The second-order valence-corrected chi connectivity index (χ2v) is 8.19. The third-order valence-electron chi connectivity index (χ3n) is 5.07. The molecule has 158 valence electrons. The van der Waals surface area contributed by atoms with Gasteiger partial charge in [0.2, 0.25) is 5.91 Å². The van der Waals surface area contributed by atoms with Crippen molar-refractivity contribution in [3.8, 4) is 0 Å². The van der Waals surface area contributed by atoms with E-state index in [1.807, 2.05) is 31.3 Å². The van der Waals surface area contributed by atoms with Crippen molar-refractivity contribution in [2.75, 3.05) is 13.1 Å². The number of aromatic nitrogens is 1. The Bertz CT molecular complexity index is 1220. The zero-order chi connectivity index (χ0) is 22.0. The molecule has 8 heteroatoms. The van der Waals surface area contributed by atoms with Crippen molar-refractivity contribution < 1.29 is 18.8 Å². The lowest BCUT2D eigenvalue weighted by molar-refractivity contribution is -0.124. The molecule has 1 fully saturated rings. The molecular weight excluding hydrogens is 417 g/mol. The van der Waals surface area contributed by atoms with E-state index in [1.165, 1.54) is 18.2 Å². The molecule has 4 rings (SSSR count). The van der Waals surface area contributed by atoms with Crippen LogP contribution in [-0.4, -0.2) is 40.0 Å². The normalized spacial score (nSPS) is 15.3. The zero-order valence-corrected chi connectivity index (χ0v) is 17.6. The highest BCUT2D eigenvalue weighted by Gasteiger charge is 2.34. The van der Waals surface area contributed by atoms with Gasteiger partial charge in [-0.2, -0.15) is 0 Å². The Hall–Kier alpha value is -3.39. The first kappa shape index (κ1) is 20.9. The number of carbonyl (C=O) groups is 3. The van der Waals surface area contributed by atoms with Gasteiger partial charge in [-0.3, -0.25) is 19.3 Å². The van der Waals surface area contributed by atoms with Crippen LogP contribution in [0.5, 0.6) is 0 Å². The molecule has 2 N–H and O–H groups in total. The van der Waals surface area contributed by atoms with Gasteiger partial charge in [-0.25, -0.2) is 4.39 Å². The maximum atomic E-state index is 13.8. The maximum Gasteiger partial charge on any atom is 0.293 e. The van der Waals surface area contributed by atoms with E-state index in [4.69, 9.17) is 0 Å². The summed E-state index contributed by atoms with van der Waals surface area (Å²) in [5.74, 6) is -1.15.